The van der Waals surface area contributed by atoms with Crippen molar-refractivity contribution in [3.8, 4) is 11.3 Å². The molecule has 1 amide bonds. The summed E-state index contributed by atoms with van der Waals surface area (Å²) in [6, 6.07) is 9.47. The van der Waals surface area contributed by atoms with E-state index in [2.05, 4.69) is 15.4 Å². The largest absolute Gasteiger partial charge is 0.365 e. The van der Waals surface area contributed by atoms with Crippen molar-refractivity contribution in [1.82, 2.24) is 14.8 Å². The van der Waals surface area contributed by atoms with Crippen LogP contribution in [0.4, 0.5) is 14.5 Å². The van der Waals surface area contributed by atoms with Crippen LogP contribution in [0, 0.1) is 18.6 Å². The van der Waals surface area contributed by atoms with Crippen molar-refractivity contribution in [3.63, 3.8) is 0 Å². The van der Waals surface area contributed by atoms with E-state index in [-0.39, 0.29) is 0 Å². The fourth-order valence-electron chi connectivity index (χ4n) is 2.43. The van der Waals surface area contributed by atoms with Crippen LogP contribution < -0.4 is 11.0 Å². The molecule has 0 unspecified atom stereocenters. The molecule has 0 aliphatic carbocycles. The lowest BCUT2D eigenvalue weighted by atomic mass is 10.1. The molecular weight excluding hydrogens is 354 g/mol. The van der Waals surface area contributed by atoms with E-state index < -0.39 is 35.0 Å². The number of aryl methyl sites for hydroxylation is 1. The van der Waals surface area contributed by atoms with Crippen LogP contribution in [0.1, 0.15) is 18.5 Å². The normalized spacial score (nSPS) is 11.9. The number of hydrogen-bond donors (Lipinski definition) is 1. The van der Waals surface area contributed by atoms with Gasteiger partial charge in [0.15, 0.2) is 0 Å². The van der Waals surface area contributed by atoms with Gasteiger partial charge < -0.3 is 5.32 Å². The second kappa shape index (κ2) is 7.45. The number of amides is 1. The van der Waals surface area contributed by atoms with Gasteiger partial charge in [-0.1, -0.05) is 35.9 Å². The first-order valence-corrected chi connectivity index (χ1v) is 8.14. The maximum absolute atomic E-state index is 13.7. The lowest BCUT2D eigenvalue weighted by molar-refractivity contribution is -0.119. The third-order valence-corrected chi connectivity index (χ3v) is 4.02. The van der Waals surface area contributed by atoms with Crippen molar-refractivity contribution in [1.29, 1.82) is 0 Å². The topological polar surface area (TPSA) is 76.9 Å². The Morgan fingerprint density at radius 2 is 1.74 bits per heavy atom. The number of carbonyl (C=O) groups excluding carboxylic acids is 1. The first-order valence-electron chi connectivity index (χ1n) is 8.14. The van der Waals surface area contributed by atoms with Gasteiger partial charge in [0.2, 0.25) is 5.91 Å². The first-order chi connectivity index (χ1) is 12.9. The molecule has 0 fully saturated rings. The van der Waals surface area contributed by atoms with Crippen molar-refractivity contribution in [2.45, 2.75) is 19.9 Å². The number of nitrogens with zero attached hydrogens (tertiary/aromatic N) is 3. The molecule has 0 saturated carbocycles. The average molecular weight is 370 g/mol. The van der Waals surface area contributed by atoms with Crippen LogP contribution in [-0.2, 0) is 4.79 Å². The highest BCUT2D eigenvalue weighted by Crippen LogP contribution is 2.19. The van der Waals surface area contributed by atoms with E-state index in [0.29, 0.717) is 11.3 Å². The lowest BCUT2D eigenvalue weighted by Gasteiger charge is -2.14. The molecule has 0 spiro atoms. The number of anilines is 1. The molecule has 1 N–H and O–H groups in total. The zero-order chi connectivity index (χ0) is 19.6. The minimum Gasteiger partial charge on any atom is -0.319 e. The molecule has 138 valence electrons. The van der Waals surface area contributed by atoms with E-state index in [1.807, 2.05) is 19.1 Å². The molecule has 2 aromatic carbocycles. The molecule has 0 aliphatic heterocycles. The van der Waals surface area contributed by atoms with Crippen molar-refractivity contribution in [2.24, 2.45) is 0 Å². The molecule has 3 aromatic rings. The van der Waals surface area contributed by atoms with Gasteiger partial charge in [-0.15, -0.1) is 0 Å². The number of halogens is 2. The molecule has 27 heavy (non-hydrogen) atoms. The Hall–Kier alpha value is -3.42. The number of benzene rings is 2. The standard InChI is InChI=1S/C19H16F2N4O2/c1-11-6-8-13(9-7-11)16-10-22-25(19(27)23-16)12(2)18(26)24-17-14(20)4-3-5-15(17)21/h3-10,12H,1-2H3,(H,24,26)/t12-/m0/s1. The Labute approximate surface area is 153 Å². The summed E-state index contributed by atoms with van der Waals surface area (Å²) in [7, 11) is 0. The van der Waals surface area contributed by atoms with Crippen LogP contribution in [0.5, 0.6) is 0 Å². The maximum atomic E-state index is 13.7. The van der Waals surface area contributed by atoms with Crippen LogP contribution in [0.3, 0.4) is 0 Å². The van der Waals surface area contributed by atoms with E-state index in [4.69, 9.17) is 0 Å². The highest BCUT2D eigenvalue weighted by Gasteiger charge is 2.21. The highest BCUT2D eigenvalue weighted by atomic mass is 19.1. The molecule has 3 rings (SSSR count). The summed E-state index contributed by atoms with van der Waals surface area (Å²) >= 11 is 0. The number of nitrogens with one attached hydrogen (secondary N) is 1. The smallest absolute Gasteiger partial charge is 0.319 e. The summed E-state index contributed by atoms with van der Waals surface area (Å²) in [4.78, 5) is 28.5. The van der Waals surface area contributed by atoms with Gasteiger partial charge in [0.05, 0.1) is 11.9 Å². The molecule has 6 nitrogen and oxygen atoms in total. The summed E-state index contributed by atoms with van der Waals surface area (Å²) in [6.45, 7) is 3.32. The summed E-state index contributed by atoms with van der Waals surface area (Å²) in [5.41, 5.74) is 0.814. The third-order valence-electron chi connectivity index (χ3n) is 4.02. The van der Waals surface area contributed by atoms with Crippen LogP contribution in [0.2, 0.25) is 0 Å². The Balaban J connectivity index is 1.84. The van der Waals surface area contributed by atoms with Crippen molar-refractivity contribution >= 4 is 11.6 Å². The first kappa shape index (κ1) is 18.4. The maximum Gasteiger partial charge on any atom is 0.365 e. The van der Waals surface area contributed by atoms with Crippen LogP contribution >= 0.6 is 0 Å². The Bertz CT molecular complexity index is 1030. The zero-order valence-electron chi connectivity index (χ0n) is 14.6. The Morgan fingerprint density at radius 3 is 2.33 bits per heavy atom. The average Bonchev–Trinajstić information content (AvgIpc) is 2.64. The Kier molecular flexibility index (Phi) is 5.07. The van der Waals surface area contributed by atoms with Crippen LogP contribution in [-0.4, -0.2) is 20.7 Å². The van der Waals surface area contributed by atoms with Crippen molar-refractivity contribution < 1.29 is 13.6 Å². The summed E-state index contributed by atoms with van der Waals surface area (Å²) in [5, 5.41) is 6.12. The number of para-hydroxylation sites is 1. The highest BCUT2D eigenvalue weighted by molar-refractivity contribution is 5.93. The van der Waals surface area contributed by atoms with Gasteiger partial charge in [-0.05, 0) is 26.0 Å². The molecular formula is C19H16F2N4O2. The van der Waals surface area contributed by atoms with Gasteiger partial charge in [0.1, 0.15) is 23.4 Å². The molecule has 1 aromatic heterocycles. The minimum atomic E-state index is -1.11. The van der Waals surface area contributed by atoms with Crippen LogP contribution in [0.25, 0.3) is 11.3 Å². The molecule has 1 atom stereocenters. The van der Waals surface area contributed by atoms with Gasteiger partial charge in [-0.2, -0.15) is 10.1 Å². The van der Waals surface area contributed by atoms with E-state index in [9.17, 15) is 18.4 Å². The second-order valence-electron chi connectivity index (χ2n) is 6.00. The molecule has 1 heterocycles. The van der Waals surface area contributed by atoms with E-state index in [0.717, 1.165) is 22.4 Å². The molecule has 8 heteroatoms. The third kappa shape index (κ3) is 3.89. The molecule has 0 radical (unpaired) electrons. The minimum absolute atomic E-state index is 0.365. The van der Waals surface area contributed by atoms with Crippen molar-refractivity contribution in [2.75, 3.05) is 5.32 Å². The number of aromatic nitrogens is 3. The fraction of sp³-hybridized carbons (Fsp3) is 0.158. The predicted molar refractivity (Wildman–Crippen MR) is 96.2 cm³/mol. The summed E-state index contributed by atoms with van der Waals surface area (Å²) in [5.74, 6) is -2.62. The van der Waals surface area contributed by atoms with Crippen LogP contribution in [0.15, 0.2) is 53.5 Å². The van der Waals surface area contributed by atoms with Crippen molar-refractivity contribution in [3.05, 3.63) is 76.3 Å². The van der Waals surface area contributed by atoms with E-state index in [1.54, 1.807) is 12.1 Å². The zero-order valence-corrected chi connectivity index (χ0v) is 14.6. The van der Waals surface area contributed by atoms with E-state index >= 15 is 0 Å². The van der Waals surface area contributed by atoms with Gasteiger partial charge >= 0.3 is 5.69 Å². The van der Waals surface area contributed by atoms with Gasteiger partial charge in [-0.3, -0.25) is 4.79 Å². The summed E-state index contributed by atoms with van der Waals surface area (Å²) < 4.78 is 28.2. The molecule has 0 aliphatic rings. The SMILES string of the molecule is Cc1ccc(-c2cnn([C@@H](C)C(=O)Nc3c(F)cccc3F)c(=O)n2)cc1. The quantitative estimate of drug-likeness (QED) is 0.766. The molecule has 0 bridgehead atoms. The van der Waals surface area contributed by atoms with Gasteiger partial charge in [-0.25, -0.2) is 18.3 Å². The lowest BCUT2D eigenvalue weighted by Crippen LogP contribution is -2.35. The number of carbonyl (C=O) groups is 1. The monoisotopic (exact) mass is 370 g/mol. The second-order valence-corrected chi connectivity index (χ2v) is 6.00. The number of hydrogen-bond acceptors (Lipinski definition) is 4. The summed E-state index contributed by atoms with van der Waals surface area (Å²) in [6.07, 6.45) is 1.36. The predicted octanol–water partition coefficient (Wildman–Crippen LogP) is 3.09. The number of rotatable bonds is 4. The van der Waals surface area contributed by atoms with Gasteiger partial charge in [0, 0.05) is 5.56 Å². The Morgan fingerprint density at radius 1 is 1.11 bits per heavy atom. The fourth-order valence-corrected chi connectivity index (χ4v) is 2.43. The van der Waals surface area contributed by atoms with E-state index in [1.165, 1.54) is 19.2 Å². The molecule has 0 saturated heterocycles. The van der Waals surface area contributed by atoms with Gasteiger partial charge in [0.25, 0.3) is 0 Å².